The number of nitrogens with two attached hydrogens (primary N) is 1. The molecule has 20 heavy (non-hydrogen) atoms. The average molecular weight is 282 g/mol. The van der Waals surface area contributed by atoms with Gasteiger partial charge in [0.1, 0.15) is 11.6 Å². The molecule has 112 valence electrons. The minimum atomic E-state index is -0.327. The van der Waals surface area contributed by atoms with Crippen LogP contribution in [0.5, 0.6) is 5.75 Å². The van der Waals surface area contributed by atoms with Crippen LogP contribution in [0.2, 0.25) is 0 Å². The highest BCUT2D eigenvalue weighted by atomic mass is 19.1. The van der Waals surface area contributed by atoms with Gasteiger partial charge in [-0.25, -0.2) is 4.39 Å². The van der Waals surface area contributed by atoms with Gasteiger partial charge in [0.25, 0.3) is 0 Å². The normalized spacial score (nSPS) is 12.0. The van der Waals surface area contributed by atoms with E-state index in [4.69, 9.17) is 10.5 Å². The summed E-state index contributed by atoms with van der Waals surface area (Å²) < 4.78 is 19.0. The first kappa shape index (κ1) is 16.4. The lowest BCUT2D eigenvalue weighted by Crippen LogP contribution is -2.21. The third-order valence-corrected chi connectivity index (χ3v) is 3.05. The highest BCUT2D eigenvalue weighted by molar-refractivity contribution is 5.75. The maximum Gasteiger partial charge on any atom is 0.219 e. The molecule has 1 aromatic rings. The Morgan fingerprint density at radius 1 is 1.45 bits per heavy atom. The molecule has 1 amide bonds. The van der Waals surface area contributed by atoms with Crippen LogP contribution in [-0.2, 0) is 11.2 Å². The molecule has 0 heterocycles. The van der Waals surface area contributed by atoms with E-state index in [1.165, 1.54) is 12.1 Å². The van der Waals surface area contributed by atoms with Crippen LogP contribution in [0.4, 0.5) is 4.39 Å². The Balaban J connectivity index is 2.51. The highest BCUT2D eigenvalue weighted by Crippen LogP contribution is 2.18. The number of nitrogens with one attached hydrogen (secondary N) is 1. The minimum Gasteiger partial charge on any atom is -0.493 e. The van der Waals surface area contributed by atoms with Crippen LogP contribution in [0.15, 0.2) is 18.2 Å². The molecule has 1 unspecified atom stereocenters. The first-order valence-corrected chi connectivity index (χ1v) is 6.93. The summed E-state index contributed by atoms with van der Waals surface area (Å²) in [4.78, 5) is 11.0. The number of benzene rings is 1. The van der Waals surface area contributed by atoms with Crippen LogP contribution in [0.25, 0.3) is 0 Å². The molecule has 0 aliphatic heterocycles. The summed E-state index contributed by atoms with van der Waals surface area (Å²) in [6.07, 6.45) is 2.47. The van der Waals surface area contributed by atoms with Crippen LogP contribution in [0, 0.1) is 5.82 Å². The Bertz CT molecular complexity index is 438. The van der Waals surface area contributed by atoms with E-state index in [0.717, 1.165) is 12.0 Å². The molecule has 0 aliphatic carbocycles. The van der Waals surface area contributed by atoms with Gasteiger partial charge < -0.3 is 15.8 Å². The number of ether oxygens (including phenoxy) is 1. The SMILES string of the molecule is CCC(N)Cc1cc(F)cc(OCCCC(=O)NC)c1. The lowest BCUT2D eigenvalue weighted by molar-refractivity contribution is -0.120. The van der Waals surface area contributed by atoms with E-state index in [0.29, 0.717) is 31.6 Å². The van der Waals surface area contributed by atoms with Gasteiger partial charge in [-0.05, 0) is 37.0 Å². The van der Waals surface area contributed by atoms with E-state index in [1.54, 1.807) is 13.1 Å². The zero-order valence-corrected chi connectivity index (χ0v) is 12.1. The molecule has 5 heteroatoms. The molecule has 0 saturated carbocycles. The van der Waals surface area contributed by atoms with E-state index in [9.17, 15) is 9.18 Å². The highest BCUT2D eigenvalue weighted by Gasteiger charge is 2.06. The van der Waals surface area contributed by atoms with E-state index >= 15 is 0 Å². The molecule has 1 atom stereocenters. The molecule has 1 rings (SSSR count). The van der Waals surface area contributed by atoms with E-state index in [1.807, 2.05) is 6.92 Å². The zero-order valence-electron chi connectivity index (χ0n) is 12.1. The third-order valence-electron chi connectivity index (χ3n) is 3.05. The van der Waals surface area contributed by atoms with Crippen LogP contribution in [0.1, 0.15) is 31.7 Å². The predicted octanol–water partition coefficient (Wildman–Crippen LogP) is 2.01. The number of hydrogen-bond acceptors (Lipinski definition) is 3. The molecule has 0 saturated heterocycles. The third kappa shape index (κ3) is 6.02. The fourth-order valence-electron chi connectivity index (χ4n) is 1.82. The second kappa shape index (κ2) is 8.53. The van der Waals surface area contributed by atoms with Gasteiger partial charge in [-0.2, -0.15) is 0 Å². The van der Waals surface area contributed by atoms with Gasteiger partial charge in [0.2, 0.25) is 5.91 Å². The van der Waals surface area contributed by atoms with Crippen molar-refractivity contribution in [1.82, 2.24) is 5.32 Å². The lowest BCUT2D eigenvalue weighted by Gasteiger charge is -2.11. The van der Waals surface area contributed by atoms with Gasteiger partial charge in [-0.1, -0.05) is 6.92 Å². The number of halogens is 1. The molecule has 0 aromatic heterocycles. The quantitative estimate of drug-likeness (QED) is 0.717. The molecule has 4 nitrogen and oxygen atoms in total. The fraction of sp³-hybridized carbons (Fsp3) is 0.533. The Kier molecular flexibility index (Phi) is 7.01. The number of carbonyl (C=O) groups excluding carboxylic acids is 1. The first-order valence-electron chi connectivity index (χ1n) is 6.93. The number of amides is 1. The van der Waals surface area contributed by atoms with Crippen molar-refractivity contribution < 1.29 is 13.9 Å². The van der Waals surface area contributed by atoms with Gasteiger partial charge in [-0.3, -0.25) is 4.79 Å². The van der Waals surface area contributed by atoms with Crippen molar-refractivity contribution >= 4 is 5.91 Å². The zero-order chi connectivity index (χ0) is 15.0. The predicted molar refractivity (Wildman–Crippen MR) is 77.2 cm³/mol. The summed E-state index contributed by atoms with van der Waals surface area (Å²) >= 11 is 0. The van der Waals surface area contributed by atoms with Gasteiger partial charge in [0.15, 0.2) is 0 Å². The molecular formula is C15H23FN2O2. The lowest BCUT2D eigenvalue weighted by atomic mass is 10.0. The van der Waals surface area contributed by atoms with Crippen LogP contribution in [0.3, 0.4) is 0 Å². The standard InChI is InChI=1S/C15H23FN2O2/c1-3-13(17)8-11-7-12(16)10-14(9-11)20-6-4-5-15(19)18-2/h7,9-10,13H,3-6,8,17H2,1-2H3,(H,18,19). The van der Waals surface area contributed by atoms with Crippen molar-refractivity contribution in [2.45, 2.75) is 38.6 Å². The maximum atomic E-state index is 13.5. The smallest absolute Gasteiger partial charge is 0.219 e. The molecule has 1 aromatic carbocycles. The largest absolute Gasteiger partial charge is 0.493 e. The average Bonchev–Trinajstić information content (AvgIpc) is 2.42. The number of hydrogen-bond donors (Lipinski definition) is 2. The molecular weight excluding hydrogens is 259 g/mol. The Labute approximate surface area is 119 Å². The van der Waals surface area contributed by atoms with E-state index in [2.05, 4.69) is 5.32 Å². The summed E-state index contributed by atoms with van der Waals surface area (Å²) in [6.45, 7) is 2.39. The van der Waals surface area contributed by atoms with Crippen molar-refractivity contribution in [2.24, 2.45) is 5.73 Å². The van der Waals surface area contributed by atoms with E-state index in [-0.39, 0.29) is 17.8 Å². The molecule has 0 radical (unpaired) electrons. The Morgan fingerprint density at radius 2 is 2.20 bits per heavy atom. The van der Waals surface area contributed by atoms with E-state index < -0.39 is 0 Å². The summed E-state index contributed by atoms with van der Waals surface area (Å²) in [6, 6.07) is 4.66. The molecule has 0 spiro atoms. The van der Waals surface area contributed by atoms with Gasteiger partial charge in [0.05, 0.1) is 6.61 Å². The van der Waals surface area contributed by atoms with Crippen molar-refractivity contribution in [3.63, 3.8) is 0 Å². The molecule has 0 bridgehead atoms. The van der Waals surface area contributed by atoms with Crippen LogP contribution < -0.4 is 15.8 Å². The second-order valence-corrected chi connectivity index (χ2v) is 4.79. The topological polar surface area (TPSA) is 64.3 Å². The molecule has 3 N–H and O–H groups in total. The van der Waals surface area contributed by atoms with Gasteiger partial charge >= 0.3 is 0 Å². The summed E-state index contributed by atoms with van der Waals surface area (Å²) in [7, 11) is 1.60. The van der Waals surface area contributed by atoms with Crippen LogP contribution >= 0.6 is 0 Å². The molecule has 0 fully saturated rings. The van der Waals surface area contributed by atoms with Crippen LogP contribution in [-0.4, -0.2) is 25.6 Å². The van der Waals surface area contributed by atoms with Crippen molar-refractivity contribution in [2.75, 3.05) is 13.7 Å². The van der Waals surface area contributed by atoms with Crippen molar-refractivity contribution in [3.8, 4) is 5.75 Å². The fourth-order valence-corrected chi connectivity index (χ4v) is 1.82. The second-order valence-electron chi connectivity index (χ2n) is 4.79. The summed E-state index contributed by atoms with van der Waals surface area (Å²) in [5.74, 6) is 0.134. The van der Waals surface area contributed by atoms with Crippen molar-refractivity contribution in [1.29, 1.82) is 0 Å². The Morgan fingerprint density at radius 3 is 2.85 bits per heavy atom. The number of rotatable bonds is 8. The summed E-state index contributed by atoms with van der Waals surface area (Å²) in [5.41, 5.74) is 6.70. The van der Waals surface area contributed by atoms with Crippen molar-refractivity contribution in [3.05, 3.63) is 29.6 Å². The first-order chi connectivity index (χ1) is 9.55. The molecule has 0 aliphatic rings. The Hall–Kier alpha value is -1.62. The number of carbonyl (C=O) groups is 1. The maximum absolute atomic E-state index is 13.5. The minimum absolute atomic E-state index is 0.0255. The summed E-state index contributed by atoms with van der Waals surface area (Å²) in [5, 5.41) is 2.54. The monoisotopic (exact) mass is 282 g/mol. The van der Waals surface area contributed by atoms with Gasteiger partial charge in [-0.15, -0.1) is 0 Å². The van der Waals surface area contributed by atoms with Gasteiger partial charge in [0, 0.05) is 25.6 Å².